The Balaban J connectivity index is 4.77. The predicted molar refractivity (Wildman–Crippen MR) is 44.8 cm³/mol. The molecule has 6 unspecified atom stereocenters. The zero-order chi connectivity index (χ0) is 15.5. The molecule has 0 amide bonds. The summed E-state index contributed by atoms with van der Waals surface area (Å²) in [5, 5.41) is 24.4. The van der Waals surface area contributed by atoms with Gasteiger partial charge in [-0.15, -0.1) is 0 Å². The van der Waals surface area contributed by atoms with Crippen molar-refractivity contribution >= 4 is 0 Å². The van der Waals surface area contributed by atoms with Crippen LogP contribution in [0.15, 0.2) is 0 Å². The lowest BCUT2D eigenvalue weighted by Gasteiger charge is -2.27. The lowest BCUT2D eigenvalue weighted by molar-refractivity contribution is -0.352. The fraction of sp³-hybridized carbons (Fsp3) is 1.00. The molecular weight excluding hydrogens is 296 g/mol. The first-order valence-corrected chi connectivity index (χ1v) is 4.71. The Hall–Kier alpha value is -0.680. The molecule has 0 heterocycles. The lowest BCUT2D eigenvalue weighted by atomic mass is 10.0. The first kappa shape index (κ1) is 18.3. The molecule has 6 atom stereocenters. The van der Waals surface area contributed by atoms with Crippen LogP contribution in [0.1, 0.15) is 0 Å². The quantitative estimate of drug-likeness (QED) is 0.484. The van der Waals surface area contributed by atoms with Crippen LogP contribution in [0.25, 0.3) is 0 Å². The second-order valence-corrected chi connectivity index (χ2v) is 3.65. The van der Waals surface area contributed by atoms with Crippen molar-refractivity contribution in [2.24, 2.45) is 0 Å². The highest BCUT2D eigenvalue weighted by atomic mass is 19.3. The van der Waals surface area contributed by atoms with Gasteiger partial charge in [-0.25, -0.2) is 35.1 Å². The molecule has 0 radical (unpaired) electrons. The standard InChI is InChI=1S/C8H10F8O3/c9-1(3(11)5(13)7(15)16)2(10)4(12)6(14)8(17,18)19/h1-7,17-19H. The summed E-state index contributed by atoms with van der Waals surface area (Å²) in [5.41, 5.74) is 0. The van der Waals surface area contributed by atoms with E-state index in [2.05, 4.69) is 0 Å². The zero-order valence-electron chi connectivity index (χ0n) is 8.91. The maximum absolute atomic E-state index is 12.9. The van der Waals surface area contributed by atoms with E-state index >= 15 is 0 Å². The molecular formula is C8H10F8O3. The van der Waals surface area contributed by atoms with Crippen molar-refractivity contribution in [3.05, 3.63) is 0 Å². The average Bonchev–Trinajstić information content (AvgIpc) is 2.31. The van der Waals surface area contributed by atoms with Crippen LogP contribution in [0.4, 0.5) is 35.1 Å². The number of aliphatic hydroxyl groups is 3. The van der Waals surface area contributed by atoms with Gasteiger partial charge in [-0.2, -0.15) is 0 Å². The molecule has 0 bridgehead atoms. The Labute approximate surface area is 101 Å². The molecule has 0 rings (SSSR count). The molecule has 0 aliphatic carbocycles. The summed E-state index contributed by atoms with van der Waals surface area (Å²) < 4.78 is 99.5. The molecule has 0 saturated carbocycles. The van der Waals surface area contributed by atoms with Crippen molar-refractivity contribution in [1.29, 1.82) is 0 Å². The molecule has 0 aromatic rings. The van der Waals surface area contributed by atoms with E-state index in [1.807, 2.05) is 0 Å². The summed E-state index contributed by atoms with van der Waals surface area (Å²) in [6.07, 6.45) is -26.9. The van der Waals surface area contributed by atoms with Crippen molar-refractivity contribution in [2.45, 2.75) is 49.4 Å². The van der Waals surface area contributed by atoms with Gasteiger partial charge in [0.05, 0.1) is 0 Å². The SMILES string of the molecule is OC(O)(O)C(F)C(F)C(F)C(F)C(F)C(F)C(F)F. The van der Waals surface area contributed by atoms with Gasteiger partial charge < -0.3 is 15.3 Å². The average molecular weight is 306 g/mol. The van der Waals surface area contributed by atoms with Gasteiger partial charge in [0.25, 0.3) is 6.43 Å². The van der Waals surface area contributed by atoms with Crippen molar-refractivity contribution < 1.29 is 50.4 Å². The summed E-state index contributed by atoms with van der Waals surface area (Å²) in [7, 11) is 0. The van der Waals surface area contributed by atoms with E-state index in [1.54, 1.807) is 0 Å². The highest BCUT2D eigenvalue weighted by Crippen LogP contribution is 2.28. The summed E-state index contributed by atoms with van der Waals surface area (Å²) in [6.45, 7) is 0. The van der Waals surface area contributed by atoms with Crippen LogP contribution in [0.2, 0.25) is 0 Å². The monoisotopic (exact) mass is 306 g/mol. The van der Waals surface area contributed by atoms with Gasteiger partial charge in [-0.05, 0) is 0 Å². The van der Waals surface area contributed by atoms with E-state index in [4.69, 9.17) is 15.3 Å². The molecule has 11 heteroatoms. The molecule has 3 N–H and O–H groups in total. The Kier molecular flexibility index (Phi) is 6.42. The fourth-order valence-corrected chi connectivity index (χ4v) is 1.04. The van der Waals surface area contributed by atoms with E-state index in [9.17, 15) is 35.1 Å². The molecule has 3 nitrogen and oxygen atoms in total. The Bertz CT molecular complexity index is 273. The van der Waals surface area contributed by atoms with Gasteiger partial charge in [-0.1, -0.05) is 0 Å². The smallest absolute Gasteiger partial charge is 0.311 e. The molecule has 0 aliphatic rings. The van der Waals surface area contributed by atoms with Gasteiger partial charge in [0.2, 0.25) is 6.17 Å². The molecule has 19 heavy (non-hydrogen) atoms. The fourth-order valence-electron chi connectivity index (χ4n) is 1.04. The molecule has 0 saturated heterocycles. The van der Waals surface area contributed by atoms with E-state index in [0.29, 0.717) is 0 Å². The summed E-state index contributed by atoms with van der Waals surface area (Å²) in [4.78, 5) is 0. The van der Waals surface area contributed by atoms with Gasteiger partial charge in [0.15, 0.2) is 30.9 Å². The normalized spacial score (nSPS) is 22.7. The van der Waals surface area contributed by atoms with Crippen LogP contribution < -0.4 is 0 Å². The minimum atomic E-state index is -4.40. The Morgan fingerprint density at radius 2 is 0.842 bits per heavy atom. The second-order valence-electron chi connectivity index (χ2n) is 3.65. The molecule has 0 aromatic carbocycles. The van der Waals surface area contributed by atoms with E-state index in [-0.39, 0.29) is 0 Å². The Morgan fingerprint density at radius 1 is 0.526 bits per heavy atom. The predicted octanol–water partition coefficient (Wildman–Crippen LogP) is 0.911. The lowest BCUT2D eigenvalue weighted by Crippen LogP contribution is -2.52. The van der Waals surface area contributed by atoms with Crippen LogP contribution in [0.3, 0.4) is 0 Å². The van der Waals surface area contributed by atoms with E-state index in [0.717, 1.165) is 0 Å². The summed E-state index contributed by atoms with van der Waals surface area (Å²) >= 11 is 0. The number of hydrogen-bond acceptors (Lipinski definition) is 3. The van der Waals surface area contributed by atoms with Gasteiger partial charge in [-0.3, -0.25) is 0 Å². The minimum Gasteiger partial charge on any atom is -0.341 e. The number of rotatable bonds is 7. The Morgan fingerprint density at radius 3 is 1.16 bits per heavy atom. The van der Waals surface area contributed by atoms with Crippen molar-refractivity contribution in [3.63, 3.8) is 0 Å². The first-order chi connectivity index (χ1) is 8.41. The number of halogens is 8. The maximum Gasteiger partial charge on any atom is 0.311 e. The van der Waals surface area contributed by atoms with E-state index in [1.165, 1.54) is 0 Å². The van der Waals surface area contributed by atoms with Gasteiger partial charge in [0.1, 0.15) is 0 Å². The van der Waals surface area contributed by atoms with Gasteiger partial charge >= 0.3 is 5.97 Å². The molecule has 0 aromatic heterocycles. The maximum atomic E-state index is 12.9. The van der Waals surface area contributed by atoms with Crippen molar-refractivity contribution in [3.8, 4) is 0 Å². The molecule has 116 valence electrons. The van der Waals surface area contributed by atoms with Gasteiger partial charge in [0, 0.05) is 0 Å². The molecule has 0 spiro atoms. The topological polar surface area (TPSA) is 60.7 Å². The van der Waals surface area contributed by atoms with Crippen molar-refractivity contribution in [2.75, 3.05) is 0 Å². The third-order valence-electron chi connectivity index (χ3n) is 2.11. The highest BCUT2D eigenvalue weighted by Gasteiger charge is 2.50. The minimum absolute atomic E-state index is 3.78. The van der Waals surface area contributed by atoms with Crippen LogP contribution in [0.5, 0.6) is 0 Å². The summed E-state index contributed by atoms with van der Waals surface area (Å²) in [5.74, 6) is -4.40. The zero-order valence-corrected chi connectivity index (χ0v) is 8.91. The third kappa shape index (κ3) is 4.73. The second kappa shape index (κ2) is 6.66. The molecule has 0 aliphatic heterocycles. The highest BCUT2D eigenvalue weighted by molar-refractivity contribution is 4.91. The number of alkyl halides is 8. The summed E-state index contributed by atoms with van der Waals surface area (Å²) in [6, 6.07) is 0. The van der Waals surface area contributed by atoms with Crippen LogP contribution in [0, 0.1) is 0 Å². The molecule has 0 fully saturated rings. The van der Waals surface area contributed by atoms with Crippen LogP contribution in [-0.2, 0) is 0 Å². The van der Waals surface area contributed by atoms with Crippen molar-refractivity contribution in [1.82, 2.24) is 0 Å². The third-order valence-corrected chi connectivity index (χ3v) is 2.11. The number of hydrogen-bond donors (Lipinski definition) is 3. The van der Waals surface area contributed by atoms with E-state index < -0.39 is 49.4 Å². The first-order valence-electron chi connectivity index (χ1n) is 4.71. The van der Waals surface area contributed by atoms with Crippen LogP contribution >= 0.6 is 0 Å². The largest absolute Gasteiger partial charge is 0.341 e. The van der Waals surface area contributed by atoms with Crippen LogP contribution in [-0.4, -0.2) is 64.7 Å².